The van der Waals surface area contributed by atoms with Crippen LogP contribution >= 0.6 is 0 Å². The zero-order valence-electron chi connectivity index (χ0n) is 13.4. The molecule has 2 N–H and O–H groups in total. The first-order valence-electron chi connectivity index (χ1n) is 7.49. The van der Waals surface area contributed by atoms with E-state index in [0.717, 1.165) is 37.8 Å². The van der Waals surface area contributed by atoms with Gasteiger partial charge in [0, 0.05) is 31.7 Å². The van der Waals surface area contributed by atoms with Gasteiger partial charge in [-0.05, 0) is 12.8 Å². The lowest BCUT2D eigenvalue weighted by molar-refractivity contribution is 0.0822. The van der Waals surface area contributed by atoms with Crippen molar-refractivity contribution < 1.29 is 9.15 Å². The highest BCUT2D eigenvalue weighted by molar-refractivity contribution is 5.79. The summed E-state index contributed by atoms with van der Waals surface area (Å²) < 4.78 is 11.1. The fraction of sp³-hybridized carbons (Fsp3) is 0.733. The first-order valence-corrected chi connectivity index (χ1v) is 7.49. The Bertz CT molecular complexity index is 470. The summed E-state index contributed by atoms with van der Waals surface area (Å²) in [5.74, 6) is 2.35. The molecule has 1 aliphatic heterocycles. The largest absolute Gasteiger partial charge is 0.443 e. The molecule has 2 heterocycles. The van der Waals surface area contributed by atoms with Gasteiger partial charge in [0.05, 0.1) is 12.7 Å². The number of guanidine groups is 1. The molecular weight excluding hydrogens is 268 g/mol. The van der Waals surface area contributed by atoms with Crippen molar-refractivity contribution in [3.05, 3.63) is 17.8 Å². The van der Waals surface area contributed by atoms with Crippen molar-refractivity contribution in [2.75, 3.05) is 20.3 Å². The number of hydrogen-bond acceptors (Lipinski definition) is 4. The Morgan fingerprint density at radius 1 is 1.38 bits per heavy atom. The van der Waals surface area contributed by atoms with Crippen molar-refractivity contribution in [2.45, 2.75) is 51.6 Å². The van der Waals surface area contributed by atoms with E-state index < -0.39 is 0 Å². The molecule has 0 aliphatic carbocycles. The predicted molar refractivity (Wildman–Crippen MR) is 82.4 cm³/mol. The molecule has 21 heavy (non-hydrogen) atoms. The number of oxazole rings is 1. The molecule has 0 saturated carbocycles. The van der Waals surface area contributed by atoms with Gasteiger partial charge < -0.3 is 19.8 Å². The molecule has 6 heteroatoms. The summed E-state index contributed by atoms with van der Waals surface area (Å²) in [6.45, 7) is 8.47. The molecule has 1 fully saturated rings. The highest BCUT2D eigenvalue weighted by Crippen LogP contribution is 2.22. The van der Waals surface area contributed by atoms with Crippen LogP contribution in [0.15, 0.2) is 15.6 Å². The van der Waals surface area contributed by atoms with Crippen molar-refractivity contribution >= 4 is 5.96 Å². The van der Waals surface area contributed by atoms with Gasteiger partial charge in [-0.15, -0.1) is 0 Å². The molecule has 1 aromatic heterocycles. The third-order valence-electron chi connectivity index (χ3n) is 3.49. The maximum absolute atomic E-state index is 5.76. The molecule has 1 aliphatic rings. The van der Waals surface area contributed by atoms with Gasteiger partial charge in [0.1, 0.15) is 5.76 Å². The number of nitrogens with one attached hydrogen (secondary N) is 2. The van der Waals surface area contributed by atoms with E-state index >= 15 is 0 Å². The van der Waals surface area contributed by atoms with Gasteiger partial charge in [0.15, 0.2) is 5.96 Å². The molecular formula is C15H26N4O2. The van der Waals surface area contributed by atoms with Crippen molar-refractivity contribution in [1.82, 2.24) is 15.6 Å². The molecule has 0 spiro atoms. The summed E-state index contributed by atoms with van der Waals surface area (Å²) in [6.07, 6.45) is 3.81. The summed E-state index contributed by atoms with van der Waals surface area (Å²) in [7, 11) is 1.77. The highest BCUT2D eigenvalue weighted by atomic mass is 16.5. The van der Waals surface area contributed by atoms with Crippen molar-refractivity contribution in [3.63, 3.8) is 0 Å². The van der Waals surface area contributed by atoms with Crippen LogP contribution in [0.2, 0.25) is 0 Å². The molecule has 0 bridgehead atoms. The van der Waals surface area contributed by atoms with E-state index in [0.29, 0.717) is 18.5 Å². The SMILES string of the molecule is CN=C(NCc1ncc(C(C)(C)C)o1)NC1CCOCC1. The Labute approximate surface area is 126 Å². The monoisotopic (exact) mass is 294 g/mol. The summed E-state index contributed by atoms with van der Waals surface area (Å²) in [5.41, 5.74) is -0.0206. The van der Waals surface area contributed by atoms with Gasteiger partial charge in [-0.3, -0.25) is 4.99 Å². The van der Waals surface area contributed by atoms with E-state index in [2.05, 4.69) is 41.4 Å². The molecule has 1 saturated heterocycles. The summed E-state index contributed by atoms with van der Waals surface area (Å²) in [6, 6.07) is 0.416. The van der Waals surface area contributed by atoms with Crippen molar-refractivity contribution in [1.29, 1.82) is 0 Å². The van der Waals surface area contributed by atoms with E-state index in [-0.39, 0.29) is 5.41 Å². The third kappa shape index (κ3) is 4.74. The number of hydrogen-bond donors (Lipinski definition) is 2. The normalized spacial score (nSPS) is 17.8. The number of nitrogens with zero attached hydrogens (tertiary/aromatic N) is 2. The third-order valence-corrected chi connectivity index (χ3v) is 3.49. The van der Waals surface area contributed by atoms with Crippen LogP contribution in [-0.2, 0) is 16.7 Å². The fourth-order valence-corrected chi connectivity index (χ4v) is 2.13. The van der Waals surface area contributed by atoms with Crippen LogP contribution in [0.5, 0.6) is 0 Å². The Hall–Kier alpha value is -1.56. The Morgan fingerprint density at radius 3 is 2.67 bits per heavy atom. The maximum Gasteiger partial charge on any atom is 0.213 e. The Kier molecular flexibility index (Phi) is 5.22. The van der Waals surface area contributed by atoms with Crippen molar-refractivity contribution in [2.24, 2.45) is 4.99 Å². The van der Waals surface area contributed by atoms with Gasteiger partial charge in [-0.25, -0.2) is 4.98 Å². The fourth-order valence-electron chi connectivity index (χ4n) is 2.13. The Morgan fingerprint density at radius 2 is 2.10 bits per heavy atom. The summed E-state index contributed by atoms with van der Waals surface area (Å²) in [5, 5.41) is 6.64. The van der Waals surface area contributed by atoms with E-state index in [1.807, 2.05) is 0 Å². The lowest BCUT2D eigenvalue weighted by atomic mass is 9.94. The first-order chi connectivity index (χ1) is 9.99. The minimum Gasteiger partial charge on any atom is -0.443 e. The van der Waals surface area contributed by atoms with Crippen LogP contribution in [0, 0.1) is 0 Å². The van der Waals surface area contributed by atoms with Crippen LogP contribution in [0.4, 0.5) is 0 Å². The van der Waals surface area contributed by atoms with Crippen LogP contribution < -0.4 is 10.6 Å². The van der Waals surface area contributed by atoms with Gasteiger partial charge >= 0.3 is 0 Å². The molecule has 0 radical (unpaired) electrons. The standard InChI is InChI=1S/C15H26N4O2/c1-15(2,3)12-9-17-13(21-12)10-18-14(16-4)19-11-5-7-20-8-6-11/h9,11H,5-8,10H2,1-4H3,(H2,16,18,19). The second-order valence-electron chi connectivity index (χ2n) is 6.33. The second kappa shape index (κ2) is 6.93. The highest BCUT2D eigenvalue weighted by Gasteiger charge is 2.19. The van der Waals surface area contributed by atoms with E-state index in [1.54, 1.807) is 13.2 Å². The van der Waals surface area contributed by atoms with Crippen LogP contribution in [0.1, 0.15) is 45.3 Å². The van der Waals surface area contributed by atoms with Crippen molar-refractivity contribution in [3.8, 4) is 0 Å². The van der Waals surface area contributed by atoms with E-state index in [9.17, 15) is 0 Å². The Balaban J connectivity index is 1.84. The average molecular weight is 294 g/mol. The molecule has 6 nitrogen and oxygen atoms in total. The zero-order chi connectivity index (χ0) is 15.3. The zero-order valence-corrected chi connectivity index (χ0v) is 13.4. The molecule has 2 rings (SSSR count). The summed E-state index contributed by atoms with van der Waals surface area (Å²) in [4.78, 5) is 8.54. The molecule has 0 amide bonds. The quantitative estimate of drug-likeness (QED) is 0.657. The molecule has 0 atom stereocenters. The number of ether oxygens (including phenoxy) is 1. The van der Waals surface area contributed by atoms with Gasteiger partial charge in [0.2, 0.25) is 5.89 Å². The maximum atomic E-state index is 5.76. The van der Waals surface area contributed by atoms with Crippen LogP contribution in [-0.4, -0.2) is 37.2 Å². The van der Waals surface area contributed by atoms with E-state index in [1.165, 1.54) is 0 Å². The smallest absolute Gasteiger partial charge is 0.213 e. The summed E-state index contributed by atoms with van der Waals surface area (Å²) >= 11 is 0. The second-order valence-corrected chi connectivity index (χ2v) is 6.33. The topological polar surface area (TPSA) is 71.7 Å². The lowest BCUT2D eigenvalue weighted by Crippen LogP contribution is -2.45. The van der Waals surface area contributed by atoms with Crippen LogP contribution in [0.25, 0.3) is 0 Å². The van der Waals surface area contributed by atoms with Gasteiger partial charge in [0.25, 0.3) is 0 Å². The average Bonchev–Trinajstić information content (AvgIpc) is 2.93. The predicted octanol–water partition coefficient (Wildman–Crippen LogP) is 1.82. The van der Waals surface area contributed by atoms with Gasteiger partial charge in [-0.2, -0.15) is 0 Å². The molecule has 0 aromatic carbocycles. The number of aromatic nitrogens is 1. The van der Waals surface area contributed by atoms with Gasteiger partial charge in [-0.1, -0.05) is 20.8 Å². The molecule has 118 valence electrons. The molecule has 0 unspecified atom stereocenters. The lowest BCUT2D eigenvalue weighted by Gasteiger charge is -2.24. The number of rotatable bonds is 3. The first kappa shape index (κ1) is 15.8. The van der Waals surface area contributed by atoms with E-state index in [4.69, 9.17) is 9.15 Å². The molecule has 1 aromatic rings. The minimum atomic E-state index is -0.0206. The number of aliphatic imine (C=N–C) groups is 1. The minimum absolute atomic E-state index is 0.0206. The van der Waals surface area contributed by atoms with Crippen LogP contribution in [0.3, 0.4) is 0 Å².